The zero-order valence-corrected chi connectivity index (χ0v) is 13.3. The van der Waals surface area contributed by atoms with Crippen LogP contribution in [-0.2, 0) is 12.8 Å². The van der Waals surface area contributed by atoms with Crippen molar-refractivity contribution in [3.05, 3.63) is 51.6 Å². The van der Waals surface area contributed by atoms with Crippen molar-refractivity contribution in [1.82, 2.24) is 14.6 Å². The molecule has 4 rings (SSSR count). The summed E-state index contributed by atoms with van der Waals surface area (Å²) in [6, 6.07) is 7.83. The zero-order chi connectivity index (χ0) is 16.0. The number of para-hydroxylation sites is 1. The molecule has 0 saturated heterocycles. The Morgan fingerprint density at radius 2 is 2.00 bits per heavy atom. The Hall–Kier alpha value is -2.56. The fraction of sp³-hybridized carbons (Fsp3) is 0.333. The largest absolute Gasteiger partial charge is 0.496 e. The van der Waals surface area contributed by atoms with Crippen LogP contribution >= 0.6 is 0 Å². The van der Waals surface area contributed by atoms with Crippen LogP contribution in [0.25, 0.3) is 16.8 Å². The highest BCUT2D eigenvalue weighted by Gasteiger charge is 2.22. The van der Waals surface area contributed by atoms with Crippen LogP contribution in [0.1, 0.15) is 29.8 Å². The van der Waals surface area contributed by atoms with Crippen molar-refractivity contribution in [2.24, 2.45) is 0 Å². The second kappa shape index (κ2) is 5.26. The number of methoxy groups -OCH3 is 1. The van der Waals surface area contributed by atoms with Crippen LogP contribution in [0.4, 0.5) is 0 Å². The summed E-state index contributed by atoms with van der Waals surface area (Å²) in [5.41, 5.74) is 5.35. The molecule has 1 aliphatic carbocycles. The predicted octanol–water partition coefficient (Wildman–Crippen LogP) is 2.89. The predicted molar refractivity (Wildman–Crippen MR) is 89.2 cm³/mol. The number of H-pyrrole nitrogens is 1. The van der Waals surface area contributed by atoms with Crippen LogP contribution < -0.4 is 10.3 Å². The Bertz CT molecular complexity index is 953. The molecule has 2 heterocycles. The molecule has 3 aromatic rings. The summed E-state index contributed by atoms with van der Waals surface area (Å²) in [6.45, 7) is 1.97. The number of ether oxygens (including phenoxy) is 1. The molecule has 2 aromatic heterocycles. The number of aromatic amines is 1. The quantitative estimate of drug-likeness (QED) is 0.792. The summed E-state index contributed by atoms with van der Waals surface area (Å²) in [5.74, 6) is 0.782. The molecule has 5 heteroatoms. The molecular weight excluding hydrogens is 290 g/mol. The van der Waals surface area contributed by atoms with E-state index in [1.165, 1.54) is 0 Å². The molecule has 1 aliphatic rings. The highest BCUT2D eigenvalue weighted by atomic mass is 16.5. The number of nitrogens with one attached hydrogen (secondary N) is 1. The van der Waals surface area contributed by atoms with E-state index in [1.54, 1.807) is 11.6 Å². The molecule has 1 N–H and O–H groups in total. The minimum absolute atomic E-state index is 0.0361. The van der Waals surface area contributed by atoms with Gasteiger partial charge < -0.3 is 4.74 Å². The van der Waals surface area contributed by atoms with Crippen LogP contribution in [0.2, 0.25) is 0 Å². The number of benzene rings is 1. The fourth-order valence-corrected chi connectivity index (χ4v) is 3.49. The van der Waals surface area contributed by atoms with E-state index in [2.05, 4.69) is 5.10 Å². The van der Waals surface area contributed by atoms with Gasteiger partial charge in [-0.25, -0.2) is 9.50 Å². The molecule has 0 bridgehead atoms. The number of aryl methyl sites for hydroxylation is 2. The first-order chi connectivity index (χ1) is 11.2. The highest BCUT2D eigenvalue weighted by molar-refractivity contribution is 5.83. The van der Waals surface area contributed by atoms with Crippen LogP contribution in [-0.4, -0.2) is 21.7 Å². The maximum Gasteiger partial charge on any atom is 0.276 e. The number of hydrogen-bond donors (Lipinski definition) is 1. The van der Waals surface area contributed by atoms with Gasteiger partial charge >= 0.3 is 0 Å². The summed E-state index contributed by atoms with van der Waals surface area (Å²) in [5, 5.41) is 3.18. The van der Waals surface area contributed by atoms with Gasteiger partial charge in [-0.1, -0.05) is 18.2 Å². The Labute approximate surface area is 133 Å². The van der Waals surface area contributed by atoms with E-state index in [0.717, 1.165) is 59.5 Å². The molecule has 0 fully saturated rings. The SMILES string of the molecule is COc1ccccc1-c1c(C)[nH]n2c(=O)c3c(nc12)CCCC3. The van der Waals surface area contributed by atoms with Crippen molar-refractivity contribution in [3.63, 3.8) is 0 Å². The van der Waals surface area contributed by atoms with Gasteiger partial charge in [0, 0.05) is 16.8 Å². The molecule has 0 spiro atoms. The smallest absolute Gasteiger partial charge is 0.276 e. The summed E-state index contributed by atoms with van der Waals surface area (Å²) in [6.07, 6.45) is 3.88. The summed E-state index contributed by atoms with van der Waals surface area (Å²) in [7, 11) is 1.66. The van der Waals surface area contributed by atoms with Crippen LogP contribution in [0, 0.1) is 6.92 Å². The molecule has 5 nitrogen and oxygen atoms in total. The number of fused-ring (bicyclic) bond motifs is 2. The molecular formula is C18H19N3O2. The molecule has 0 aliphatic heterocycles. The van der Waals surface area contributed by atoms with Crippen molar-refractivity contribution >= 4 is 5.65 Å². The molecule has 0 atom stereocenters. The first kappa shape index (κ1) is 14.1. The van der Waals surface area contributed by atoms with Gasteiger partial charge in [0.15, 0.2) is 5.65 Å². The van der Waals surface area contributed by atoms with E-state index in [4.69, 9.17) is 9.72 Å². The fourth-order valence-electron chi connectivity index (χ4n) is 3.49. The third kappa shape index (κ3) is 2.07. The Morgan fingerprint density at radius 3 is 2.83 bits per heavy atom. The number of aromatic nitrogens is 3. The van der Waals surface area contributed by atoms with Crippen molar-refractivity contribution in [1.29, 1.82) is 0 Å². The van der Waals surface area contributed by atoms with Gasteiger partial charge in [0.2, 0.25) is 0 Å². The van der Waals surface area contributed by atoms with Gasteiger partial charge in [-0.05, 0) is 38.7 Å². The first-order valence-electron chi connectivity index (χ1n) is 7.97. The van der Waals surface area contributed by atoms with E-state index in [9.17, 15) is 4.79 Å². The average molecular weight is 309 g/mol. The Kier molecular flexibility index (Phi) is 3.22. The van der Waals surface area contributed by atoms with Gasteiger partial charge in [0.25, 0.3) is 5.56 Å². The van der Waals surface area contributed by atoms with Crippen LogP contribution in [0.5, 0.6) is 5.75 Å². The first-order valence-corrected chi connectivity index (χ1v) is 7.97. The molecule has 0 radical (unpaired) electrons. The minimum Gasteiger partial charge on any atom is -0.496 e. The number of hydrogen-bond acceptors (Lipinski definition) is 3. The minimum atomic E-state index is 0.0361. The third-order valence-corrected chi connectivity index (χ3v) is 4.61. The van der Waals surface area contributed by atoms with Gasteiger partial charge in [0.1, 0.15) is 5.75 Å². The number of nitrogens with zero attached hydrogens (tertiary/aromatic N) is 2. The van der Waals surface area contributed by atoms with Gasteiger partial charge in [-0.15, -0.1) is 0 Å². The van der Waals surface area contributed by atoms with Crippen LogP contribution in [0.15, 0.2) is 29.1 Å². The second-order valence-electron chi connectivity index (χ2n) is 6.02. The Morgan fingerprint density at radius 1 is 1.22 bits per heavy atom. The standard InChI is InChI=1S/C18H19N3O2/c1-11-16(13-8-4-6-10-15(13)23-2)17-19-14-9-5-3-7-12(14)18(22)21(17)20-11/h4,6,8,10,20H,3,5,7,9H2,1-2H3. The van der Waals surface area contributed by atoms with E-state index >= 15 is 0 Å². The molecule has 0 saturated carbocycles. The second-order valence-corrected chi connectivity index (χ2v) is 6.02. The van der Waals surface area contributed by atoms with Crippen molar-refractivity contribution in [3.8, 4) is 16.9 Å². The molecule has 1 aromatic carbocycles. The summed E-state index contributed by atoms with van der Waals surface area (Å²) in [4.78, 5) is 17.6. The lowest BCUT2D eigenvalue weighted by Gasteiger charge is -2.14. The number of rotatable bonds is 2. The lowest BCUT2D eigenvalue weighted by atomic mass is 9.97. The van der Waals surface area contributed by atoms with E-state index in [1.807, 2.05) is 31.2 Å². The van der Waals surface area contributed by atoms with Gasteiger partial charge in [-0.3, -0.25) is 9.89 Å². The molecule has 0 unspecified atom stereocenters. The van der Waals surface area contributed by atoms with Crippen molar-refractivity contribution < 1.29 is 4.74 Å². The maximum atomic E-state index is 12.8. The molecule has 118 valence electrons. The lowest BCUT2D eigenvalue weighted by molar-refractivity contribution is 0.416. The summed E-state index contributed by atoms with van der Waals surface area (Å²) < 4.78 is 7.07. The van der Waals surface area contributed by atoms with E-state index in [0.29, 0.717) is 5.65 Å². The Balaban J connectivity index is 2.06. The van der Waals surface area contributed by atoms with E-state index < -0.39 is 0 Å². The molecule has 23 heavy (non-hydrogen) atoms. The lowest BCUT2D eigenvalue weighted by Crippen LogP contribution is -2.25. The van der Waals surface area contributed by atoms with E-state index in [-0.39, 0.29) is 5.56 Å². The van der Waals surface area contributed by atoms with Crippen molar-refractivity contribution in [2.45, 2.75) is 32.6 Å². The molecule has 0 amide bonds. The van der Waals surface area contributed by atoms with Crippen LogP contribution in [0.3, 0.4) is 0 Å². The normalized spacial score (nSPS) is 14.0. The maximum absolute atomic E-state index is 12.8. The van der Waals surface area contributed by atoms with Crippen molar-refractivity contribution in [2.75, 3.05) is 7.11 Å². The topological polar surface area (TPSA) is 59.4 Å². The highest BCUT2D eigenvalue weighted by Crippen LogP contribution is 2.34. The van der Waals surface area contributed by atoms with Gasteiger partial charge in [0.05, 0.1) is 18.4 Å². The summed E-state index contributed by atoms with van der Waals surface area (Å²) >= 11 is 0. The third-order valence-electron chi connectivity index (χ3n) is 4.61. The van der Waals surface area contributed by atoms with Gasteiger partial charge in [-0.2, -0.15) is 0 Å². The monoisotopic (exact) mass is 309 g/mol. The zero-order valence-electron chi connectivity index (χ0n) is 13.3. The average Bonchev–Trinajstić information content (AvgIpc) is 2.91.